The fourth-order valence-electron chi connectivity index (χ4n) is 2.56. The van der Waals surface area contributed by atoms with Gasteiger partial charge in [0.05, 0.1) is 12.2 Å². The lowest BCUT2D eigenvalue weighted by atomic mass is 10.2. The van der Waals surface area contributed by atoms with E-state index in [1.165, 1.54) is 5.56 Å². The van der Waals surface area contributed by atoms with Crippen molar-refractivity contribution in [2.45, 2.75) is 26.4 Å². The number of hydrogen-bond acceptors (Lipinski definition) is 5. The zero-order chi connectivity index (χ0) is 13.9. The minimum Gasteiger partial charge on any atom is -0.314 e. The van der Waals surface area contributed by atoms with Gasteiger partial charge >= 0.3 is 0 Å². The number of aromatic nitrogens is 4. The molecular weight excluding hydrogens is 252 g/mol. The van der Waals surface area contributed by atoms with E-state index in [0.29, 0.717) is 6.04 Å². The van der Waals surface area contributed by atoms with Crippen LogP contribution in [0, 0.1) is 6.92 Å². The van der Waals surface area contributed by atoms with Gasteiger partial charge in [0.1, 0.15) is 0 Å². The van der Waals surface area contributed by atoms with Gasteiger partial charge in [0.25, 0.3) is 0 Å². The molecule has 1 atom stereocenters. The Labute approximate surface area is 118 Å². The minimum atomic E-state index is 0.506. The fraction of sp³-hybridized carbons (Fsp3) is 0.500. The van der Waals surface area contributed by atoms with Gasteiger partial charge in [-0.3, -0.25) is 4.90 Å². The molecule has 20 heavy (non-hydrogen) atoms. The van der Waals surface area contributed by atoms with E-state index in [9.17, 15) is 0 Å². The van der Waals surface area contributed by atoms with E-state index in [1.807, 2.05) is 16.8 Å². The first kappa shape index (κ1) is 13.2. The van der Waals surface area contributed by atoms with E-state index in [0.717, 1.165) is 37.7 Å². The summed E-state index contributed by atoms with van der Waals surface area (Å²) in [6.07, 6.45) is 0. The summed E-state index contributed by atoms with van der Waals surface area (Å²) in [5.74, 6) is 0.893. The first-order valence-electron chi connectivity index (χ1n) is 7.03. The van der Waals surface area contributed by atoms with Crippen LogP contribution in [-0.2, 0) is 6.54 Å². The van der Waals surface area contributed by atoms with Crippen molar-refractivity contribution in [3.63, 3.8) is 0 Å². The van der Waals surface area contributed by atoms with Crippen molar-refractivity contribution in [2.24, 2.45) is 0 Å². The van der Waals surface area contributed by atoms with Gasteiger partial charge < -0.3 is 5.32 Å². The van der Waals surface area contributed by atoms with Crippen LogP contribution in [0.5, 0.6) is 0 Å². The first-order valence-corrected chi connectivity index (χ1v) is 7.03. The van der Waals surface area contributed by atoms with Crippen molar-refractivity contribution in [2.75, 3.05) is 19.6 Å². The predicted octanol–water partition coefficient (Wildman–Crippen LogP) is 0.764. The Morgan fingerprint density at radius 2 is 2.30 bits per heavy atom. The molecular formula is C14H20N6. The van der Waals surface area contributed by atoms with Crippen LogP contribution >= 0.6 is 0 Å². The Morgan fingerprint density at radius 3 is 3.10 bits per heavy atom. The van der Waals surface area contributed by atoms with Gasteiger partial charge in [-0.2, -0.15) is 4.68 Å². The highest BCUT2D eigenvalue weighted by Gasteiger charge is 2.20. The molecule has 2 aromatic rings. The SMILES string of the molecule is Cc1cccc(-n2nnnc2CN2CCNC[C@H]2C)c1. The Balaban J connectivity index is 1.83. The molecule has 1 aliphatic heterocycles. The second kappa shape index (κ2) is 5.68. The van der Waals surface area contributed by atoms with Crippen LogP contribution in [0.25, 0.3) is 5.69 Å². The maximum absolute atomic E-state index is 4.19. The average molecular weight is 272 g/mol. The van der Waals surface area contributed by atoms with Crippen molar-refractivity contribution >= 4 is 0 Å². The third-order valence-electron chi connectivity index (χ3n) is 3.76. The summed E-state index contributed by atoms with van der Waals surface area (Å²) in [6, 6.07) is 8.75. The van der Waals surface area contributed by atoms with Crippen LogP contribution in [0.2, 0.25) is 0 Å². The normalized spacial score (nSPS) is 20.2. The van der Waals surface area contributed by atoms with Crippen LogP contribution in [0.15, 0.2) is 24.3 Å². The summed E-state index contributed by atoms with van der Waals surface area (Å²) >= 11 is 0. The van der Waals surface area contributed by atoms with Crippen molar-refractivity contribution in [3.05, 3.63) is 35.7 Å². The number of nitrogens with one attached hydrogen (secondary N) is 1. The summed E-state index contributed by atoms with van der Waals surface area (Å²) in [6.45, 7) is 8.16. The molecule has 2 heterocycles. The van der Waals surface area contributed by atoms with Crippen molar-refractivity contribution < 1.29 is 0 Å². The van der Waals surface area contributed by atoms with E-state index >= 15 is 0 Å². The summed E-state index contributed by atoms with van der Waals surface area (Å²) in [5, 5.41) is 15.6. The number of hydrogen-bond donors (Lipinski definition) is 1. The quantitative estimate of drug-likeness (QED) is 0.894. The maximum Gasteiger partial charge on any atom is 0.170 e. The molecule has 0 bridgehead atoms. The van der Waals surface area contributed by atoms with Gasteiger partial charge in [-0.05, 0) is 42.0 Å². The third kappa shape index (κ3) is 2.71. The van der Waals surface area contributed by atoms with Crippen LogP contribution in [0.4, 0.5) is 0 Å². The molecule has 0 saturated carbocycles. The topological polar surface area (TPSA) is 58.9 Å². The molecule has 0 aliphatic carbocycles. The molecule has 1 aromatic carbocycles. The van der Waals surface area contributed by atoms with E-state index in [2.05, 4.69) is 51.7 Å². The standard InChI is InChI=1S/C14H20N6/c1-11-4-3-5-13(8-11)20-14(16-17-18-20)10-19-7-6-15-9-12(19)2/h3-5,8,12,15H,6-7,9-10H2,1-2H3/t12-/m1/s1. The van der Waals surface area contributed by atoms with Crippen LogP contribution in [0.1, 0.15) is 18.3 Å². The average Bonchev–Trinajstić information content (AvgIpc) is 2.90. The molecule has 1 fully saturated rings. The Kier molecular flexibility index (Phi) is 3.75. The summed E-state index contributed by atoms with van der Waals surface area (Å²) < 4.78 is 1.84. The minimum absolute atomic E-state index is 0.506. The maximum atomic E-state index is 4.19. The highest BCUT2D eigenvalue weighted by atomic mass is 15.5. The molecule has 0 radical (unpaired) electrons. The Bertz CT molecular complexity index is 579. The smallest absolute Gasteiger partial charge is 0.170 e. The van der Waals surface area contributed by atoms with Gasteiger partial charge in [-0.25, -0.2) is 0 Å². The number of benzene rings is 1. The molecule has 0 spiro atoms. The Hall–Kier alpha value is -1.79. The zero-order valence-electron chi connectivity index (χ0n) is 12.0. The highest BCUT2D eigenvalue weighted by Crippen LogP contribution is 2.13. The highest BCUT2D eigenvalue weighted by molar-refractivity contribution is 5.34. The van der Waals surface area contributed by atoms with Crippen LogP contribution in [-0.4, -0.2) is 50.8 Å². The first-order chi connectivity index (χ1) is 9.74. The number of tetrazole rings is 1. The lowest BCUT2D eigenvalue weighted by Gasteiger charge is -2.33. The van der Waals surface area contributed by atoms with Gasteiger partial charge in [-0.1, -0.05) is 12.1 Å². The number of aryl methyl sites for hydroxylation is 1. The van der Waals surface area contributed by atoms with Gasteiger partial charge in [-0.15, -0.1) is 5.10 Å². The van der Waals surface area contributed by atoms with E-state index in [-0.39, 0.29) is 0 Å². The summed E-state index contributed by atoms with van der Waals surface area (Å²) in [4.78, 5) is 2.41. The molecule has 6 heteroatoms. The number of piperazine rings is 1. The zero-order valence-corrected chi connectivity index (χ0v) is 12.0. The molecule has 0 unspecified atom stereocenters. The monoisotopic (exact) mass is 272 g/mol. The van der Waals surface area contributed by atoms with E-state index in [1.54, 1.807) is 0 Å². The second-order valence-electron chi connectivity index (χ2n) is 5.37. The van der Waals surface area contributed by atoms with Crippen molar-refractivity contribution in [1.82, 2.24) is 30.4 Å². The molecule has 1 aromatic heterocycles. The molecule has 106 valence electrons. The molecule has 0 amide bonds. The lowest BCUT2D eigenvalue weighted by Crippen LogP contribution is -2.49. The van der Waals surface area contributed by atoms with E-state index < -0.39 is 0 Å². The van der Waals surface area contributed by atoms with Crippen molar-refractivity contribution in [1.29, 1.82) is 0 Å². The lowest BCUT2D eigenvalue weighted by molar-refractivity contribution is 0.160. The van der Waals surface area contributed by atoms with Crippen LogP contribution < -0.4 is 5.32 Å². The van der Waals surface area contributed by atoms with E-state index in [4.69, 9.17) is 0 Å². The summed E-state index contributed by atoms with van der Waals surface area (Å²) in [7, 11) is 0. The largest absolute Gasteiger partial charge is 0.314 e. The second-order valence-corrected chi connectivity index (χ2v) is 5.37. The number of rotatable bonds is 3. The molecule has 1 saturated heterocycles. The van der Waals surface area contributed by atoms with Gasteiger partial charge in [0, 0.05) is 25.7 Å². The third-order valence-corrected chi connectivity index (χ3v) is 3.76. The van der Waals surface area contributed by atoms with Crippen molar-refractivity contribution in [3.8, 4) is 5.69 Å². The molecule has 1 aliphatic rings. The molecule has 1 N–H and O–H groups in total. The van der Waals surface area contributed by atoms with Gasteiger partial charge in [0.2, 0.25) is 0 Å². The predicted molar refractivity (Wildman–Crippen MR) is 76.6 cm³/mol. The number of nitrogens with zero attached hydrogens (tertiary/aromatic N) is 5. The van der Waals surface area contributed by atoms with Gasteiger partial charge in [0.15, 0.2) is 5.82 Å². The molecule has 3 rings (SSSR count). The fourth-order valence-corrected chi connectivity index (χ4v) is 2.56. The van der Waals surface area contributed by atoms with Crippen LogP contribution in [0.3, 0.4) is 0 Å². The molecule has 6 nitrogen and oxygen atoms in total. The summed E-state index contributed by atoms with van der Waals surface area (Å²) in [5.41, 5.74) is 2.23. The Morgan fingerprint density at radius 1 is 1.40 bits per heavy atom.